The molecule has 0 unspecified atom stereocenters. The van der Waals surface area contributed by atoms with Crippen molar-refractivity contribution in [1.29, 1.82) is 0 Å². The summed E-state index contributed by atoms with van der Waals surface area (Å²) in [5.74, 6) is -0.113. The van der Waals surface area contributed by atoms with Gasteiger partial charge in [-0.2, -0.15) is 0 Å². The van der Waals surface area contributed by atoms with Gasteiger partial charge in [0.25, 0.3) is 0 Å². The van der Waals surface area contributed by atoms with E-state index in [0.29, 0.717) is 25.9 Å². The van der Waals surface area contributed by atoms with Crippen molar-refractivity contribution in [1.82, 2.24) is 20.9 Å². The fraction of sp³-hybridized carbons (Fsp3) is 0.345. The fourth-order valence-corrected chi connectivity index (χ4v) is 3.75. The Morgan fingerprint density at radius 3 is 2.06 bits per heavy atom. The molecule has 2 aromatic carbocycles. The number of aromatic nitrogens is 1. The zero-order valence-electron chi connectivity index (χ0n) is 21.2. The predicted octanol–water partition coefficient (Wildman–Crippen LogP) is 4.03. The van der Waals surface area contributed by atoms with E-state index in [1.807, 2.05) is 93.6 Å². The van der Waals surface area contributed by atoms with Crippen molar-refractivity contribution in [2.24, 2.45) is 0 Å². The van der Waals surface area contributed by atoms with Crippen LogP contribution in [0.1, 0.15) is 37.5 Å². The minimum atomic E-state index is -0.600. The van der Waals surface area contributed by atoms with Crippen LogP contribution in [0.4, 0.5) is 4.79 Å². The van der Waals surface area contributed by atoms with E-state index >= 15 is 0 Å². The summed E-state index contributed by atoms with van der Waals surface area (Å²) >= 11 is 0. The van der Waals surface area contributed by atoms with Crippen LogP contribution in [0.5, 0.6) is 0 Å². The summed E-state index contributed by atoms with van der Waals surface area (Å²) in [6.07, 6.45) is 4.08. The summed E-state index contributed by atoms with van der Waals surface area (Å²) in [5, 5.41) is 9.38. The van der Waals surface area contributed by atoms with Gasteiger partial charge in [0.05, 0.1) is 6.04 Å². The first kappa shape index (κ1) is 26.9. The molecule has 1 aromatic heterocycles. The maximum absolute atomic E-state index is 13.2. The number of hydrogen-bond donors (Lipinski definition) is 3. The quantitative estimate of drug-likeness (QED) is 0.379. The zero-order valence-corrected chi connectivity index (χ0v) is 21.2. The molecule has 7 heteroatoms. The van der Waals surface area contributed by atoms with Crippen molar-refractivity contribution in [2.75, 3.05) is 6.54 Å². The molecule has 0 aliphatic carbocycles. The molecular formula is C29H36N4O3. The molecular weight excluding hydrogens is 452 g/mol. The number of benzene rings is 2. The lowest BCUT2D eigenvalue weighted by molar-refractivity contribution is -0.123. The molecule has 0 radical (unpaired) electrons. The normalized spacial score (nSPS) is 12.9. The SMILES string of the molecule is CC(C)(C)OC(=O)N[C@H](CN[C@@H](Cc1ccccc1)C(=O)NCc1cccnc1)Cc1ccccc1. The third kappa shape index (κ3) is 9.88. The molecule has 3 rings (SSSR count). The highest BCUT2D eigenvalue weighted by molar-refractivity contribution is 5.82. The Bertz CT molecular complexity index is 1070. The predicted molar refractivity (Wildman–Crippen MR) is 141 cm³/mol. The van der Waals surface area contributed by atoms with Crippen molar-refractivity contribution in [3.05, 3.63) is 102 Å². The van der Waals surface area contributed by atoms with E-state index in [1.54, 1.807) is 12.4 Å². The fourth-order valence-electron chi connectivity index (χ4n) is 3.75. The number of alkyl carbamates (subject to hydrolysis) is 1. The van der Waals surface area contributed by atoms with E-state index in [-0.39, 0.29) is 11.9 Å². The Balaban J connectivity index is 1.70. The van der Waals surface area contributed by atoms with Gasteiger partial charge < -0.3 is 20.7 Å². The van der Waals surface area contributed by atoms with Gasteiger partial charge in [0.15, 0.2) is 0 Å². The van der Waals surface area contributed by atoms with Gasteiger partial charge in [-0.1, -0.05) is 66.7 Å². The Morgan fingerprint density at radius 1 is 0.861 bits per heavy atom. The minimum Gasteiger partial charge on any atom is -0.444 e. The van der Waals surface area contributed by atoms with Gasteiger partial charge in [-0.25, -0.2) is 4.79 Å². The number of hydrogen-bond acceptors (Lipinski definition) is 5. The van der Waals surface area contributed by atoms with E-state index in [9.17, 15) is 9.59 Å². The summed E-state index contributed by atoms with van der Waals surface area (Å²) < 4.78 is 5.48. The van der Waals surface area contributed by atoms with E-state index in [0.717, 1.165) is 16.7 Å². The van der Waals surface area contributed by atoms with Gasteiger partial charge in [0.1, 0.15) is 5.60 Å². The molecule has 3 aromatic rings. The molecule has 0 aliphatic rings. The average molecular weight is 489 g/mol. The highest BCUT2D eigenvalue weighted by atomic mass is 16.6. The van der Waals surface area contributed by atoms with Crippen LogP contribution < -0.4 is 16.0 Å². The van der Waals surface area contributed by atoms with E-state index in [2.05, 4.69) is 20.9 Å². The lowest BCUT2D eigenvalue weighted by Gasteiger charge is -2.26. The summed E-state index contributed by atoms with van der Waals surface area (Å²) in [5.41, 5.74) is 2.46. The van der Waals surface area contributed by atoms with E-state index in [4.69, 9.17) is 4.74 Å². The van der Waals surface area contributed by atoms with Crippen LogP contribution in [-0.4, -0.2) is 41.2 Å². The van der Waals surface area contributed by atoms with Gasteiger partial charge in [0, 0.05) is 31.5 Å². The lowest BCUT2D eigenvalue weighted by Crippen LogP contribution is -2.52. The van der Waals surface area contributed by atoms with E-state index < -0.39 is 17.7 Å². The molecule has 3 N–H and O–H groups in total. The average Bonchev–Trinajstić information content (AvgIpc) is 2.85. The highest BCUT2D eigenvalue weighted by Gasteiger charge is 2.23. The van der Waals surface area contributed by atoms with Gasteiger partial charge in [-0.3, -0.25) is 9.78 Å². The zero-order chi connectivity index (χ0) is 25.8. The number of carbonyl (C=O) groups excluding carboxylic acids is 2. The van der Waals surface area contributed by atoms with Crippen molar-refractivity contribution in [3.8, 4) is 0 Å². The second-order valence-corrected chi connectivity index (χ2v) is 9.76. The molecule has 36 heavy (non-hydrogen) atoms. The number of rotatable bonds is 11. The first-order chi connectivity index (χ1) is 17.3. The minimum absolute atomic E-state index is 0.113. The molecule has 0 bridgehead atoms. The smallest absolute Gasteiger partial charge is 0.407 e. The van der Waals surface area contributed by atoms with Crippen LogP contribution in [-0.2, 0) is 28.9 Å². The Hall–Kier alpha value is -3.71. The van der Waals surface area contributed by atoms with Crippen LogP contribution in [0.25, 0.3) is 0 Å². The maximum Gasteiger partial charge on any atom is 0.407 e. The van der Waals surface area contributed by atoms with Crippen molar-refractivity contribution in [2.45, 2.75) is 57.8 Å². The van der Waals surface area contributed by atoms with Crippen LogP contribution in [0, 0.1) is 0 Å². The summed E-state index contributed by atoms with van der Waals surface area (Å²) in [4.78, 5) is 29.8. The van der Waals surface area contributed by atoms with Gasteiger partial charge in [-0.05, 0) is 56.4 Å². The second-order valence-electron chi connectivity index (χ2n) is 9.76. The first-order valence-corrected chi connectivity index (χ1v) is 12.3. The molecule has 0 spiro atoms. The van der Waals surface area contributed by atoms with Crippen LogP contribution in [0.3, 0.4) is 0 Å². The maximum atomic E-state index is 13.2. The standard InChI is InChI=1S/C29H36N4O3/c1-29(2,3)36-28(35)33-25(17-22-11-6-4-7-12-22)21-31-26(18-23-13-8-5-9-14-23)27(34)32-20-24-15-10-16-30-19-24/h4-16,19,25-26,31H,17-18,20-21H2,1-3H3,(H,32,34)(H,33,35)/t25-,26-/m0/s1. The summed E-state index contributed by atoms with van der Waals surface area (Å²) in [6.45, 7) is 6.29. The molecule has 0 fully saturated rings. The van der Waals surface area contributed by atoms with Crippen molar-refractivity contribution < 1.29 is 14.3 Å². The number of nitrogens with zero attached hydrogens (tertiary/aromatic N) is 1. The number of carbonyl (C=O) groups is 2. The Labute approximate surface area is 213 Å². The molecule has 0 saturated heterocycles. The molecule has 2 atom stereocenters. The molecule has 7 nitrogen and oxygen atoms in total. The molecule has 1 heterocycles. The topological polar surface area (TPSA) is 92.4 Å². The summed E-state index contributed by atoms with van der Waals surface area (Å²) in [6, 6.07) is 22.8. The third-order valence-electron chi connectivity index (χ3n) is 5.45. The number of ether oxygens (including phenoxy) is 1. The van der Waals surface area contributed by atoms with Crippen LogP contribution in [0.15, 0.2) is 85.2 Å². The van der Waals surface area contributed by atoms with Crippen LogP contribution >= 0.6 is 0 Å². The molecule has 0 saturated carbocycles. The number of amides is 2. The van der Waals surface area contributed by atoms with Crippen molar-refractivity contribution >= 4 is 12.0 Å². The molecule has 2 amide bonds. The van der Waals surface area contributed by atoms with Crippen molar-refractivity contribution in [3.63, 3.8) is 0 Å². The first-order valence-electron chi connectivity index (χ1n) is 12.3. The third-order valence-corrected chi connectivity index (χ3v) is 5.45. The number of pyridine rings is 1. The monoisotopic (exact) mass is 488 g/mol. The van der Waals surface area contributed by atoms with Crippen LogP contribution in [0.2, 0.25) is 0 Å². The largest absolute Gasteiger partial charge is 0.444 e. The highest BCUT2D eigenvalue weighted by Crippen LogP contribution is 2.10. The lowest BCUT2D eigenvalue weighted by atomic mass is 10.0. The molecule has 190 valence electrons. The Kier molecular flexibility index (Phi) is 10.0. The van der Waals surface area contributed by atoms with Gasteiger partial charge >= 0.3 is 6.09 Å². The molecule has 0 aliphatic heterocycles. The van der Waals surface area contributed by atoms with Gasteiger partial charge in [-0.15, -0.1) is 0 Å². The number of nitrogens with one attached hydrogen (secondary N) is 3. The second kappa shape index (κ2) is 13.4. The summed E-state index contributed by atoms with van der Waals surface area (Å²) in [7, 11) is 0. The van der Waals surface area contributed by atoms with E-state index in [1.165, 1.54) is 0 Å². The van der Waals surface area contributed by atoms with Gasteiger partial charge in [0.2, 0.25) is 5.91 Å². The Morgan fingerprint density at radius 2 is 1.47 bits per heavy atom.